The van der Waals surface area contributed by atoms with Crippen molar-refractivity contribution >= 4 is 11.0 Å². The highest BCUT2D eigenvalue weighted by atomic mass is 16.4. The first-order valence-corrected chi connectivity index (χ1v) is 5.18. The lowest BCUT2D eigenvalue weighted by Gasteiger charge is -2.04. The molecule has 0 unspecified atom stereocenters. The number of rotatable bonds is 2. The van der Waals surface area contributed by atoms with Gasteiger partial charge >= 0.3 is 5.63 Å². The standard InChI is InChI=1S/C13H14O2/c1-9(2)7-11-8-10-5-3-4-6-12(10)15-13(11)14/h3-6,8-9H,7H2,1-2H3. The molecule has 0 amide bonds. The zero-order valence-corrected chi connectivity index (χ0v) is 8.99. The van der Waals surface area contributed by atoms with Crippen molar-refractivity contribution in [2.45, 2.75) is 20.3 Å². The van der Waals surface area contributed by atoms with Crippen LogP contribution in [0.1, 0.15) is 19.4 Å². The summed E-state index contributed by atoms with van der Waals surface area (Å²) in [4.78, 5) is 11.6. The molecule has 1 aromatic heterocycles. The Kier molecular flexibility index (Phi) is 2.58. The summed E-state index contributed by atoms with van der Waals surface area (Å²) in [7, 11) is 0. The summed E-state index contributed by atoms with van der Waals surface area (Å²) < 4.78 is 5.24. The van der Waals surface area contributed by atoms with Gasteiger partial charge in [0.15, 0.2) is 0 Å². The highest BCUT2D eigenvalue weighted by molar-refractivity contribution is 5.76. The van der Waals surface area contributed by atoms with Crippen molar-refractivity contribution in [2.75, 3.05) is 0 Å². The van der Waals surface area contributed by atoms with E-state index in [1.165, 1.54) is 0 Å². The van der Waals surface area contributed by atoms with Gasteiger partial charge in [0.2, 0.25) is 0 Å². The molecular weight excluding hydrogens is 188 g/mol. The van der Waals surface area contributed by atoms with Gasteiger partial charge in [-0.05, 0) is 24.5 Å². The number of hydrogen-bond acceptors (Lipinski definition) is 2. The smallest absolute Gasteiger partial charge is 0.339 e. The van der Waals surface area contributed by atoms with Crippen molar-refractivity contribution in [3.63, 3.8) is 0 Å². The second-order valence-corrected chi connectivity index (χ2v) is 4.19. The molecule has 0 saturated carbocycles. The SMILES string of the molecule is CC(C)Cc1cc2ccccc2oc1=O. The van der Waals surface area contributed by atoms with E-state index in [2.05, 4.69) is 13.8 Å². The molecule has 2 heteroatoms. The molecule has 2 nitrogen and oxygen atoms in total. The number of benzene rings is 1. The van der Waals surface area contributed by atoms with Gasteiger partial charge in [0.1, 0.15) is 5.58 Å². The quantitative estimate of drug-likeness (QED) is 0.701. The van der Waals surface area contributed by atoms with Gasteiger partial charge in [-0.15, -0.1) is 0 Å². The Balaban J connectivity index is 2.57. The van der Waals surface area contributed by atoms with Gasteiger partial charge in [-0.1, -0.05) is 32.0 Å². The van der Waals surface area contributed by atoms with Crippen LogP contribution in [-0.4, -0.2) is 0 Å². The normalized spacial score (nSPS) is 11.1. The highest BCUT2D eigenvalue weighted by Crippen LogP contribution is 2.14. The summed E-state index contributed by atoms with van der Waals surface area (Å²) in [6.07, 6.45) is 0.771. The first kappa shape index (κ1) is 9.97. The summed E-state index contributed by atoms with van der Waals surface area (Å²) in [5, 5.41) is 0.993. The van der Waals surface area contributed by atoms with E-state index >= 15 is 0 Å². The molecule has 2 aromatic rings. The Labute approximate surface area is 88.5 Å². The molecule has 0 fully saturated rings. The predicted molar refractivity (Wildman–Crippen MR) is 61.0 cm³/mol. The highest BCUT2D eigenvalue weighted by Gasteiger charge is 2.06. The van der Waals surface area contributed by atoms with Gasteiger partial charge in [0, 0.05) is 10.9 Å². The summed E-state index contributed by atoms with van der Waals surface area (Å²) in [6, 6.07) is 9.52. The van der Waals surface area contributed by atoms with Crippen LogP contribution < -0.4 is 5.63 Å². The number of hydrogen-bond donors (Lipinski definition) is 0. The number of para-hydroxylation sites is 1. The maximum atomic E-state index is 11.6. The van der Waals surface area contributed by atoms with Gasteiger partial charge in [-0.3, -0.25) is 0 Å². The van der Waals surface area contributed by atoms with E-state index in [1.807, 2.05) is 30.3 Å². The van der Waals surface area contributed by atoms with Gasteiger partial charge in [-0.2, -0.15) is 0 Å². The fraction of sp³-hybridized carbons (Fsp3) is 0.308. The Bertz CT molecular complexity index is 523. The monoisotopic (exact) mass is 202 g/mol. The third-order valence-electron chi connectivity index (χ3n) is 2.34. The molecule has 2 rings (SSSR count). The maximum absolute atomic E-state index is 11.6. The zero-order valence-electron chi connectivity index (χ0n) is 8.99. The maximum Gasteiger partial charge on any atom is 0.339 e. The number of fused-ring (bicyclic) bond motifs is 1. The van der Waals surface area contributed by atoms with E-state index in [4.69, 9.17) is 4.42 Å². The van der Waals surface area contributed by atoms with Crippen molar-refractivity contribution in [2.24, 2.45) is 5.92 Å². The average molecular weight is 202 g/mol. The van der Waals surface area contributed by atoms with Crippen molar-refractivity contribution in [3.8, 4) is 0 Å². The molecule has 0 bridgehead atoms. The van der Waals surface area contributed by atoms with E-state index in [9.17, 15) is 4.79 Å². The Morgan fingerprint density at radius 3 is 2.73 bits per heavy atom. The van der Waals surface area contributed by atoms with Crippen LogP contribution in [0.15, 0.2) is 39.5 Å². The molecule has 0 N–H and O–H groups in total. The summed E-state index contributed by atoms with van der Waals surface area (Å²) in [5.74, 6) is 0.467. The molecule has 0 radical (unpaired) electrons. The Morgan fingerprint density at radius 1 is 1.27 bits per heavy atom. The molecular formula is C13H14O2. The molecule has 1 heterocycles. The van der Waals surface area contributed by atoms with Gasteiger partial charge in [-0.25, -0.2) is 4.79 Å². The Morgan fingerprint density at radius 2 is 2.00 bits per heavy atom. The van der Waals surface area contributed by atoms with E-state index in [-0.39, 0.29) is 5.63 Å². The molecule has 1 aromatic carbocycles. The average Bonchev–Trinajstić information content (AvgIpc) is 2.18. The van der Waals surface area contributed by atoms with Crippen LogP contribution in [0.2, 0.25) is 0 Å². The minimum Gasteiger partial charge on any atom is -0.423 e. The molecule has 0 aliphatic heterocycles. The van der Waals surface area contributed by atoms with E-state index < -0.39 is 0 Å². The lowest BCUT2D eigenvalue weighted by Crippen LogP contribution is -2.09. The molecule has 0 aliphatic rings. The molecule has 0 spiro atoms. The lowest BCUT2D eigenvalue weighted by molar-refractivity contribution is 0.535. The van der Waals surface area contributed by atoms with E-state index in [1.54, 1.807) is 0 Å². The summed E-state index contributed by atoms with van der Waals surface area (Å²) in [6.45, 7) is 4.18. The van der Waals surface area contributed by atoms with Crippen LogP contribution in [0.5, 0.6) is 0 Å². The molecule has 78 valence electrons. The van der Waals surface area contributed by atoms with Crippen molar-refractivity contribution in [1.82, 2.24) is 0 Å². The van der Waals surface area contributed by atoms with Gasteiger partial charge in [0.05, 0.1) is 0 Å². The fourth-order valence-electron chi connectivity index (χ4n) is 1.69. The lowest BCUT2D eigenvalue weighted by atomic mass is 10.0. The van der Waals surface area contributed by atoms with Crippen LogP contribution in [-0.2, 0) is 6.42 Å². The molecule has 0 atom stereocenters. The third-order valence-corrected chi connectivity index (χ3v) is 2.34. The first-order valence-electron chi connectivity index (χ1n) is 5.18. The van der Waals surface area contributed by atoms with E-state index in [0.29, 0.717) is 11.5 Å². The van der Waals surface area contributed by atoms with Crippen LogP contribution in [0.25, 0.3) is 11.0 Å². The fourth-order valence-corrected chi connectivity index (χ4v) is 1.69. The van der Waals surface area contributed by atoms with Gasteiger partial charge < -0.3 is 4.42 Å². The topological polar surface area (TPSA) is 30.2 Å². The van der Waals surface area contributed by atoms with Crippen LogP contribution in [0.4, 0.5) is 0 Å². The third kappa shape index (κ3) is 2.09. The van der Waals surface area contributed by atoms with Crippen molar-refractivity contribution < 1.29 is 4.42 Å². The molecule has 0 aliphatic carbocycles. The predicted octanol–water partition coefficient (Wildman–Crippen LogP) is 2.99. The zero-order chi connectivity index (χ0) is 10.8. The van der Waals surface area contributed by atoms with Crippen LogP contribution in [0, 0.1) is 5.92 Å². The summed E-state index contributed by atoms with van der Waals surface area (Å²) in [5.41, 5.74) is 1.22. The first-order chi connectivity index (χ1) is 7.16. The van der Waals surface area contributed by atoms with Crippen molar-refractivity contribution in [3.05, 3.63) is 46.3 Å². The minimum absolute atomic E-state index is 0.206. The molecule has 0 saturated heterocycles. The van der Waals surface area contributed by atoms with Crippen LogP contribution in [0.3, 0.4) is 0 Å². The second kappa shape index (κ2) is 3.89. The van der Waals surface area contributed by atoms with Crippen LogP contribution >= 0.6 is 0 Å². The van der Waals surface area contributed by atoms with Crippen molar-refractivity contribution in [1.29, 1.82) is 0 Å². The van der Waals surface area contributed by atoms with E-state index in [0.717, 1.165) is 17.4 Å². The second-order valence-electron chi connectivity index (χ2n) is 4.19. The largest absolute Gasteiger partial charge is 0.423 e. The molecule has 15 heavy (non-hydrogen) atoms. The Hall–Kier alpha value is -1.57. The van der Waals surface area contributed by atoms with Gasteiger partial charge in [0.25, 0.3) is 0 Å². The minimum atomic E-state index is -0.206. The summed E-state index contributed by atoms with van der Waals surface area (Å²) >= 11 is 0.